The van der Waals surface area contributed by atoms with E-state index in [4.69, 9.17) is 15.2 Å². The number of carbonyl (C=O) groups excluding carboxylic acids is 1. The molecule has 0 aliphatic carbocycles. The lowest BCUT2D eigenvalue weighted by molar-refractivity contribution is -0.122. The van der Waals surface area contributed by atoms with Gasteiger partial charge in [0.1, 0.15) is 6.04 Å². The molecule has 1 unspecified atom stereocenters. The minimum absolute atomic E-state index is 0.221. The van der Waals surface area contributed by atoms with Crippen LogP contribution in [0.5, 0.6) is 0 Å². The third-order valence-electron chi connectivity index (χ3n) is 2.86. The Morgan fingerprint density at radius 2 is 2.12 bits per heavy atom. The zero-order valence-corrected chi connectivity index (χ0v) is 10.8. The molecule has 5 nitrogen and oxygen atoms in total. The van der Waals surface area contributed by atoms with Gasteiger partial charge in [0.2, 0.25) is 5.91 Å². The summed E-state index contributed by atoms with van der Waals surface area (Å²) in [5.74, 6) is 0.196. The summed E-state index contributed by atoms with van der Waals surface area (Å²) >= 11 is 0. The second kappa shape index (κ2) is 7.63. The van der Waals surface area contributed by atoms with Crippen molar-refractivity contribution in [3.63, 3.8) is 0 Å². The van der Waals surface area contributed by atoms with E-state index >= 15 is 0 Å². The molecule has 0 aromatic carbocycles. The molecule has 17 heavy (non-hydrogen) atoms. The Bertz CT molecular complexity index is 228. The summed E-state index contributed by atoms with van der Waals surface area (Å²) in [7, 11) is 0. The van der Waals surface area contributed by atoms with Crippen molar-refractivity contribution in [2.75, 3.05) is 26.4 Å². The lowest BCUT2D eigenvalue weighted by Gasteiger charge is -2.23. The number of nitrogens with two attached hydrogens (primary N) is 1. The van der Waals surface area contributed by atoms with Crippen molar-refractivity contribution in [3.05, 3.63) is 0 Å². The minimum atomic E-state index is -0.394. The van der Waals surface area contributed by atoms with Gasteiger partial charge < -0.3 is 20.5 Å². The molecule has 1 atom stereocenters. The molecule has 5 heteroatoms. The number of amides is 1. The second-order valence-electron chi connectivity index (χ2n) is 4.87. The van der Waals surface area contributed by atoms with Crippen LogP contribution in [0.25, 0.3) is 0 Å². The fourth-order valence-corrected chi connectivity index (χ4v) is 1.88. The maximum atomic E-state index is 11.2. The first-order chi connectivity index (χ1) is 8.09. The Kier molecular flexibility index (Phi) is 6.47. The second-order valence-corrected chi connectivity index (χ2v) is 4.87. The van der Waals surface area contributed by atoms with E-state index in [1.54, 1.807) is 0 Å². The summed E-state index contributed by atoms with van der Waals surface area (Å²) in [6.07, 6.45) is 2.08. The van der Waals surface area contributed by atoms with Crippen molar-refractivity contribution in [2.45, 2.75) is 38.8 Å². The van der Waals surface area contributed by atoms with Crippen molar-refractivity contribution in [2.24, 2.45) is 11.7 Å². The molecule has 1 rings (SSSR count). The van der Waals surface area contributed by atoms with Crippen LogP contribution in [-0.2, 0) is 14.3 Å². The van der Waals surface area contributed by atoms with Gasteiger partial charge in [-0.05, 0) is 18.8 Å². The van der Waals surface area contributed by atoms with Gasteiger partial charge in [-0.2, -0.15) is 0 Å². The number of primary amides is 1. The van der Waals surface area contributed by atoms with Gasteiger partial charge in [0, 0.05) is 25.9 Å². The van der Waals surface area contributed by atoms with Gasteiger partial charge in [-0.15, -0.1) is 0 Å². The van der Waals surface area contributed by atoms with E-state index in [-0.39, 0.29) is 11.9 Å². The zero-order chi connectivity index (χ0) is 12.7. The number of carbonyl (C=O) groups is 1. The van der Waals surface area contributed by atoms with Gasteiger partial charge in [-0.3, -0.25) is 4.79 Å². The number of ether oxygens (including phenoxy) is 2. The summed E-state index contributed by atoms with van der Waals surface area (Å²) in [6, 6.07) is -0.172. The fraction of sp³-hybridized carbons (Fsp3) is 0.917. The maximum absolute atomic E-state index is 11.2. The molecule has 1 heterocycles. The topological polar surface area (TPSA) is 73.6 Å². The standard InChI is InChI=1S/C12H24N2O3/c1-9(2)14-11(12(13)15)8-17-7-10-3-5-16-6-4-10/h9-11,14H,3-8H2,1-2H3,(H2,13,15). The Morgan fingerprint density at radius 1 is 1.47 bits per heavy atom. The Hall–Kier alpha value is -0.650. The molecule has 1 fully saturated rings. The molecule has 0 aromatic heterocycles. The van der Waals surface area contributed by atoms with E-state index in [9.17, 15) is 4.79 Å². The van der Waals surface area contributed by atoms with Crippen LogP contribution in [0.2, 0.25) is 0 Å². The molecule has 1 aliphatic rings. The van der Waals surface area contributed by atoms with Crippen LogP contribution in [0.3, 0.4) is 0 Å². The molecule has 100 valence electrons. The first-order valence-corrected chi connectivity index (χ1v) is 6.30. The van der Waals surface area contributed by atoms with Gasteiger partial charge >= 0.3 is 0 Å². The molecule has 3 N–H and O–H groups in total. The summed E-state index contributed by atoms with van der Waals surface area (Å²) < 4.78 is 10.9. The van der Waals surface area contributed by atoms with E-state index < -0.39 is 6.04 Å². The SMILES string of the molecule is CC(C)NC(COCC1CCOCC1)C(N)=O. The highest BCUT2D eigenvalue weighted by atomic mass is 16.5. The van der Waals surface area contributed by atoms with Crippen molar-refractivity contribution in [3.8, 4) is 0 Å². The summed E-state index contributed by atoms with van der Waals surface area (Å²) in [5, 5.41) is 3.09. The van der Waals surface area contributed by atoms with Gasteiger partial charge in [0.25, 0.3) is 0 Å². The summed E-state index contributed by atoms with van der Waals surface area (Å²) in [6.45, 7) is 6.63. The molecular weight excluding hydrogens is 220 g/mol. The molecule has 1 amide bonds. The number of rotatable bonds is 7. The molecular formula is C12H24N2O3. The third kappa shape index (κ3) is 6.00. The Morgan fingerprint density at radius 3 is 2.65 bits per heavy atom. The fourth-order valence-electron chi connectivity index (χ4n) is 1.88. The van der Waals surface area contributed by atoms with Crippen LogP contribution in [0, 0.1) is 5.92 Å². The van der Waals surface area contributed by atoms with Crippen molar-refractivity contribution in [1.82, 2.24) is 5.32 Å². The van der Waals surface area contributed by atoms with Crippen LogP contribution in [0.1, 0.15) is 26.7 Å². The van der Waals surface area contributed by atoms with E-state index in [2.05, 4.69) is 5.32 Å². The van der Waals surface area contributed by atoms with E-state index in [1.807, 2.05) is 13.8 Å². The molecule has 0 radical (unpaired) electrons. The monoisotopic (exact) mass is 244 g/mol. The molecule has 0 aromatic rings. The predicted octanol–water partition coefficient (Wildman–Crippen LogP) is 0.282. The van der Waals surface area contributed by atoms with Crippen LogP contribution < -0.4 is 11.1 Å². The Balaban J connectivity index is 2.19. The summed E-state index contributed by atoms with van der Waals surface area (Å²) in [5.41, 5.74) is 5.30. The largest absolute Gasteiger partial charge is 0.381 e. The molecule has 0 spiro atoms. The first kappa shape index (κ1) is 14.4. The normalized spacial score (nSPS) is 19.5. The average Bonchev–Trinajstić information content (AvgIpc) is 2.28. The molecule has 0 bridgehead atoms. The lowest BCUT2D eigenvalue weighted by Crippen LogP contribution is -2.47. The van der Waals surface area contributed by atoms with E-state index in [0.717, 1.165) is 26.1 Å². The maximum Gasteiger partial charge on any atom is 0.236 e. The average molecular weight is 244 g/mol. The van der Waals surface area contributed by atoms with E-state index in [0.29, 0.717) is 19.1 Å². The van der Waals surface area contributed by atoms with Crippen LogP contribution in [0.15, 0.2) is 0 Å². The lowest BCUT2D eigenvalue weighted by atomic mass is 10.0. The van der Waals surface area contributed by atoms with Crippen LogP contribution in [0.4, 0.5) is 0 Å². The number of hydrogen-bond acceptors (Lipinski definition) is 4. The third-order valence-corrected chi connectivity index (χ3v) is 2.86. The van der Waals surface area contributed by atoms with Gasteiger partial charge in [0.05, 0.1) is 6.61 Å². The Labute approximate surface area is 103 Å². The van der Waals surface area contributed by atoms with Crippen molar-refractivity contribution < 1.29 is 14.3 Å². The smallest absolute Gasteiger partial charge is 0.236 e. The molecule has 0 saturated carbocycles. The minimum Gasteiger partial charge on any atom is -0.381 e. The van der Waals surface area contributed by atoms with Crippen molar-refractivity contribution in [1.29, 1.82) is 0 Å². The van der Waals surface area contributed by atoms with E-state index in [1.165, 1.54) is 0 Å². The zero-order valence-electron chi connectivity index (χ0n) is 10.8. The predicted molar refractivity (Wildman–Crippen MR) is 65.6 cm³/mol. The highest BCUT2D eigenvalue weighted by molar-refractivity contribution is 5.80. The molecule has 1 aliphatic heterocycles. The quantitative estimate of drug-likeness (QED) is 0.674. The molecule has 1 saturated heterocycles. The van der Waals surface area contributed by atoms with Gasteiger partial charge in [-0.1, -0.05) is 13.8 Å². The first-order valence-electron chi connectivity index (χ1n) is 6.30. The van der Waals surface area contributed by atoms with Crippen LogP contribution in [-0.4, -0.2) is 44.4 Å². The highest BCUT2D eigenvalue weighted by Gasteiger charge is 2.18. The van der Waals surface area contributed by atoms with Gasteiger partial charge in [0.15, 0.2) is 0 Å². The van der Waals surface area contributed by atoms with Crippen molar-refractivity contribution >= 4 is 5.91 Å². The number of hydrogen-bond donors (Lipinski definition) is 2. The van der Waals surface area contributed by atoms with Gasteiger partial charge in [-0.25, -0.2) is 0 Å². The van der Waals surface area contributed by atoms with Crippen LogP contribution >= 0.6 is 0 Å². The number of nitrogens with one attached hydrogen (secondary N) is 1. The highest BCUT2D eigenvalue weighted by Crippen LogP contribution is 2.14. The summed E-state index contributed by atoms with van der Waals surface area (Å²) in [4.78, 5) is 11.2.